The third-order valence-electron chi connectivity index (χ3n) is 5.69. The fraction of sp³-hybridized carbons (Fsp3) is 0.304. The molecule has 154 valence electrons. The minimum atomic E-state index is -0.106. The van der Waals surface area contributed by atoms with Gasteiger partial charge >= 0.3 is 0 Å². The first-order valence-electron chi connectivity index (χ1n) is 10.00. The van der Waals surface area contributed by atoms with Crippen LogP contribution in [0.3, 0.4) is 0 Å². The molecule has 0 aliphatic carbocycles. The molecule has 2 aromatic carbocycles. The van der Waals surface area contributed by atoms with Gasteiger partial charge in [-0.05, 0) is 49.9 Å². The Morgan fingerprint density at radius 2 is 2.03 bits per heavy atom. The Bertz CT molecular complexity index is 1260. The van der Waals surface area contributed by atoms with Gasteiger partial charge in [-0.25, -0.2) is 4.98 Å². The van der Waals surface area contributed by atoms with Gasteiger partial charge in [0.1, 0.15) is 4.88 Å². The number of carbonyl (C=O) groups is 1. The van der Waals surface area contributed by atoms with Gasteiger partial charge in [0.15, 0.2) is 5.13 Å². The van der Waals surface area contributed by atoms with Gasteiger partial charge in [-0.2, -0.15) is 0 Å². The maximum Gasteiger partial charge on any atom is 0.271 e. The molecule has 5 rings (SSSR count). The van der Waals surface area contributed by atoms with E-state index in [0.29, 0.717) is 21.6 Å². The molecule has 1 unspecified atom stereocenters. The second kappa shape index (κ2) is 7.93. The number of aromatic nitrogens is 1. The number of benzene rings is 2. The fourth-order valence-electron chi connectivity index (χ4n) is 3.84. The summed E-state index contributed by atoms with van der Waals surface area (Å²) in [7, 11) is 0. The summed E-state index contributed by atoms with van der Waals surface area (Å²) in [6.45, 7) is 5.39. The Morgan fingerprint density at radius 1 is 1.20 bits per heavy atom. The van der Waals surface area contributed by atoms with Gasteiger partial charge in [0.2, 0.25) is 0 Å². The summed E-state index contributed by atoms with van der Waals surface area (Å²) in [5.74, 6) is -0.106. The number of carbonyl (C=O) groups excluding carboxylic acids is 1. The maximum atomic E-state index is 13.7. The van der Waals surface area contributed by atoms with Crippen LogP contribution in [0.4, 0.5) is 5.13 Å². The predicted octanol–water partition coefficient (Wildman–Crippen LogP) is 6.61. The molecule has 3 heterocycles. The van der Waals surface area contributed by atoms with E-state index >= 15 is 0 Å². The van der Waals surface area contributed by atoms with Crippen molar-refractivity contribution in [3.63, 3.8) is 0 Å². The van der Waals surface area contributed by atoms with E-state index in [0.717, 1.165) is 45.3 Å². The summed E-state index contributed by atoms with van der Waals surface area (Å²) in [6, 6.07) is 12.1. The first-order chi connectivity index (χ1) is 14.5. The molecule has 2 aromatic heterocycles. The van der Waals surface area contributed by atoms with Crippen molar-refractivity contribution in [1.82, 2.24) is 4.98 Å². The molecule has 0 radical (unpaired) electrons. The van der Waals surface area contributed by atoms with E-state index in [9.17, 15) is 4.79 Å². The van der Waals surface area contributed by atoms with Crippen LogP contribution in [0, 0.1) is 13.8 Å². The number of nitrogens with zero attached hydrogens (tertiary/aromatic N) is 2. The Labute approximate surface area is 188 Å². The standard InChI is InChI=1S/C23H21ClN2O2S2/c1-13-9-10-18-20(14(13)2)25-23(30-18)26(12-15-6-5-11-28-15)22(27)21-19(24)16-7-3-4-8-17(16)29-21/h3-4,7-10,15H,5-6,11-12H2,1-2H3. The van der Waals surface area contributed by atoms with Crippen molar-refractivity contribution < 1.29 is 9.53 Å². The summed E-state index contributed by atoms with van der Waals surface area (Å²) in [4.78, 5) is 20.9. The number of hydrogen-bond donors (Lipinski definition) is 0. The average Bonchev–Trinajstić information content (AvgIpc) is 3.48. The Morgan fingerprint density at radius 3 is 2.80 bits per heavy atom. The Balaban J connectivity index is 1.60. The predicted molar refractivity (Wildman–Crippen MR) is 127 cm³/mol. The van der Waals surface area contributed by atoms with Crippen molar-refractivity contribution in [3.05, 3.63) is 57.4 Å². The van der Waals surface area contributed by atoms with Crippen LogP contribution in [-0.2, 0) is 4.74 Å². The van der Waals surface area contributed by atoms with Crippen LogP contribution >= 0.6 is 34.3 Å². The summed E-state index contributed by atoms with van der Waals surface area (Å²) in [5, 5.41) is 2.14. The van der Waals surface area contributed by atoms with Crippen molar-refractivity contribution in [1.29, 1.82) is 0 Å². The van der Waals surface area contributed by atoms with E-state index < -0.39 is 0 Å². The number of ether oxygens (including phenoxy) is 1. The minimum absolute atomic E-state index is 0.0250. The lowest BCUT2D eigenvalue weighted by molar-refractivity contribution is 0.0921. The SMILES string of the molecule is Cc1ccc2sc(N(CC3CCCO3)C(=O)c3sc4ccccc4c3Cl)nc2c1C. The number of thiophene rings is 1. The molecule has 1 atom stereocenters. The van der Waals surface area contributed by atoms with Crippen molar-refractivity contribution in [3.8, 4) is 0 Å². The number of aryl methyl sites for hydroxylation is 2. The highest BCUT2D eigenvalue weighted by Gasteiger charge is 2.30. The zero-order valence-electron chi connectivity index (χ0n) is 16.8. The summed E-state index contributed by atoms with van der Waals surface area (Å²) >= 11 is 9.63. The van der Waals surface area contributed by atoms with Crippen LogP contribution in [0.5, 0.6) is 0 Å². The van der Waals surface area contributed by atoms with Gasteiger partial charge in [0.25, 0.3) is 5.91 Å². The van der Waals surface area contributed by atoms with Crippen molar-refractivity contribution >= 4 is 65.6 Å². The van der Waals surface area contributed by atoms with Gasteiger partial charge < -0.3 is 4.74 Å². The van der Waals surface area contributed by atoms with Crippen molar-refractivity contribution in [2.75, 3.05) is 18.1 Å². The molecule has 0 spiro atoms. The van der Waals surface area contributed by atoms with E-state index in [2.05, 4.69) is 26.0 Å². The van der Waals surface area contributed by atoms with Gasteiger partial charge in [-0.1, -0.05) is 47.2 Å². The number of anilines is 1. The molecule has 1 fully saturated rings. The van der Waals surface area contributed by atoms with Crippen molar-refractivity contribution in [2.24, 2.45) is 0 Å². The minimum Gasteiger partial charge on any atom is -0.376 e. The highest BCUT2D eigenvalue weighted by molar-refractivity contribution is 7.23. The number of halogens is 1. The lowest BCUT2D eigenvalue weighted by Gasteiger charge is -2.22. The summed E-state index contributed by atoms with van der Waals surface area (Å²) < 4.78 is 7.95. The normalized spacial score (nSPS) is 16.6. The maximum absolute atomic E-state index is 13.7. The van der Waals surface area contributed by atoms with Crippen molar-refractivity contribution in [2.45, 2.75) is 32.8 Å². The van der Waals surface area contributed by atoms with E-state index in [1.807, 2.05) is 24.3 Å². The topological polar surface area (TPSA) is 42.4 Å². The summed E-state index contributed by atoms with van der Waals surface area (Å²) in [6.07, 6.45) is 2.00. The molecule has 4 aromatic rings. The number of fused-ring (bicyclic) bond motifs is 2. The van der Waals surface area contributed by atoms with Crippen LogP contribution in [0.25, 0.3) is 20.3 Å². The van der Waals surface area contributed by atoms with Crippen LogP contribution in [0.1, 0.15) is 33.6 Å². The smallest absolute Gasteiger partial charge is 0.271 e. The first kappa shape index (κ1) is 19.9. The monoisotopic (exact) mass is 456 g/mol. The molecule has 1 aliphatic rings. The number of rotatable bonds is 4. The first-order valence-corrected chi connectivity index (χ1v) is 12.0. The zero-order valence-corrected chi connectivity index (χ0v) is 19.2. The molecule has 0 N–H and O–H groups in total. The molecule has 0 bridgehead atoms. The average molecular weight is 457 g/mol. The van der Waals surface area contributed by atoms with E-state index in [1.165, 1.54) is 16.9 Å². The third kappa shape index (κ3) is 3.42. The molecule has 1 amide bonds. The fourth-order valence-corrected chi connectivity index (χ4v) is 6.34. The second-order valence-corrected chi connectivity index (χ2v) is 10.1. The number of hydrogen-bond acceptors (Lipinski definition) is 5. The molecule has 7 heteroatoms. The largest absolute Gasteiger partial charge is 0.376 e. The van der Waals surface area contributed by atoms with Gasteiger partial charge in [0, 0.05) is 16.7 Å². The van der Waals surface area contributed by atoms with Gasteiger partial charge in [0.05, 0.1) is 27.9 Å². The number of thiazole rings is 1. The van der Waals surface area contributed by atoms with E-state index in [1.54, 1.807) is 16.2 Å². The molecule has 30 heavy (non-hydrogen) atoms. The highest BCUT2D eigenvalue weighted by Crippen LogP contribution is 2.38. The molecule has 1 saturated heterocycles. The molecule has 4 nitrogen and oxygen atoms in total. The van der Waals surface area contributed by atoms with E-state index in [-0.39, 0.29) is 12.0 Å². The van der Waals surface area contributed by atoms with Crippen LogP contribution < -0.4 is 4.90 Å². The molecule has 1 aliphatic heterocycles. The number of amides is 1. The van der Waals surface area contributed by atoms with Crippen LogP contribution in [0.15, 0.2) is 36.4 Å². The molecule has 0 saturated carbocycles. The van der Waals surface area contributed by atoms with Crippen LogP contribution in [-0.4, -0.2) is 30.1 Å². The van der Waals surface area contributed by atoms with E-state index in [4.69, 9.17) is 21.3 Å². The lowest BCUT2D eigenvalue weighted by Crippen LogP contribution is -2.37. The Hall–Kier alpha value is -1.99. The second-order valence-electron chi connectivity index (χ2n) is 7.64. The highest BCUT2D eigenvalue weighted by atomic mass is 35.5. The molecular formula is C23H21ClN2O2S2. The third-order valence-corrected chi connectivity index (χ3v) is 8.40. The van der Waals surface area contributed by atoms with Gasteiger partial charge in [-0.15, -0.1) is 11.3 Å². The lowest BCUT2D eigenvalue weighted by atomic mass is 10.1. The van der Waals surface area contributed by atoms with Crippen LogP contribution in [0.2, 0.25) is 5.02 Å². The zero-order chi connectivity index (χ0) is 20.8. The quantitative estimate of drug-likeness (QED) is 0.347. The molecular weight excluding hydrogens is 436 g/mol. The summed E-state index contributed by atoms with van der Waals surface area (Å²) in [5.41, 5.74) is 3.31. The van der Waals surface area contributed by atoms with Gasteiger partial charge in [-0.3, -0.25) is 9.69 Å². The Kier molecular flexibility index (Phi) is 5.27.